The second-order valence-electron chi connectivity index (χ2n) is 10.4. The predicted molar refractivity (Wildman–Crippen MR) is 157 cm³/mol. The topological polar surface area (TPSA) is 152 Å². The van der Waals surface area contributed by atoms with E-state index in [9.17, 15) is 19.5 Å². The molecule has 40 heavy (non-hydrogen) atoms. The molecule has 10 heteroatoms. The minimum Gasteiger partial charge on any atom is -0.383 e. The third-order valence-electron chi connectivity index (χ3n) is 7.48. The standard InChI is InChI=1S/C30H37N5O4S/c1-19-15-17-35(29(39)23(36)14-13-20-8-3-2-4-9-20)26(19)24(37)18-21(10-7-16-33-30(31)32)27(38)28-34-22-11-5-6-12-25(22)40-28/h2-6,8-9,11-12,19,21,23,26,36H,7,10,13-18H2,1H3,(H4,31,32,33)/t19-,21+,23+,26-/m0/s1. The van der Waals surface area contributed by atoms with Gasteiger partial charge in [0.25, 0.3) is 5.91 Å². The Morgan fingerprint density at radius 2 is 1.82 bits per heavy atom. The van der Waals surface area contributed by atoms with E-state index < -0.39 is 24.0 Å². The highest BCUT2D eigenvalue weighted by atomic mass is 32.1. The molecular weight excluding hydrogens is 526 g/mol. The predicted octanol–water partition coefficient (Wildman–Crippen LogP) is 3.34. The number of nitrogens with two attached hydrogens (primary N) is 2. The molecule has 1 aromatic heterocycles. The number of aliphatic hydroxyl groups excluding tert-OH is 1. The van der Waals surface area contributed by atoms with E-state index in [1.165, 1.54) is 16.2 Å². The van der Waals surface area contributed by atoms with Crippen molar-refractivity contribution in [2.45, 2.75) is 57.6 Å². The van der Waals surface area contributed by atoms with Crippen molar-refractivity contribution in [3.05, 3.63) is 65.2 Å². The Labute approximate surface area is 238 Å². The van der Waals surface area contributed by atoms with Crippen molar-refractivity contribution in [1.29, 1.82) is 0 Å². The number of hydrogen-bond donors (Lipinski definition) is 3. The van der Waals surface area contributed by atoms with E-state index >= 15 is 0 Å². The van der Waals surface area contributed by atoms with Gasteiger partial charge in [-0.1, -0.05) is 49.4 Å². The van der Waals surface area contributed by atoms with Crippen LogP contribution in [0.15, 0.2) is 59.6 Å². The van der Waals surface area contributed by atoms with Crippen LogP contribution in [0.25, 0.3) is 10.2 Å². The fourth-order valence-corrected chi connectivity index (χ4v) is 6.32. The number of carbonyl (C=O) groups is 3. The first kappa shape index (κ1) is 29.4. The molecule has 9 nitrogen and oxygen atoms in total. The molecule has 0 radical (unpaired) electrons. The summed E-state index contributed by atoms with van der Waals surface area (Å²) in [5.41, 5.74) is 12.7. The maximum Gasteiger partial charge on any atom is 0.252 e. The van der Waals surface area contributed by atoms with Gasteiger partial charge in [0.15, 0.2) is 22.5 Å². The van der Waals surface area contributed by atoms with Crippen LogP contribution in [0.4, 0.5) is 0 Å². The molecule has 1 amide bonds. The molecule has 0 aliphatic carbocycles. The van der Waals surface area contributed by atoms with Crippen molar-refractivity contribution < 1.29 is 19.5 Å². The van der Waals surface area contributed by atoms with Gasteiger partial charge in [0, 0.05) is 25.4 Å². The fourth-order valence-electron chi connectivity index (χ4n) is 5.34. The number of ketones is 2. The van der Waals surface area contributed by atoms with Gasteiger partial charge in [-0.15, -0.1) is 11.3 Å². The second kappa shape index (κ2) is 13.6. The van der Waals surface area contributed by atoms with E-state index in [4.69, 9.17) is 11.5 Å². The van der Waals surface area contributed by atoms with Crippen LogP contribution < -0.4 is 11.5 Å². The summed E-state index contributed by atoms with van der Waals surface area (Å²) in [6.45, 7) is 2.69. The Morgan fingerprint density at radius 1 is 1.10 bits per heavy atom. The molecule has 5 N–H and O–H groups in total. The number of amides is 1. The molecule has 1 aliphatic rings. The van der Waals surface area contributed by atoms with Crippen molar-refractivity contribution in [3.8, 4) is 0 Å². The zero-order valence-corrected chi connectivity index (χ0v) is 23.6. The Morgan fingerprint density at radius 3 is 2.55 bits per heavy atom. The van der Waals surface area contributed by atoms with E-state index in [1.807, 2.05) is 61.5 Å². The number of guanidine groups is 1. The first-order valence-electron chi connectivity index (χ1n) is 13.7. The van der Waals surface area contributed by atoms with E-state index in [1.54, 1.807) is 0 Å². The van der Waals surface area contributed by atoms with Gasteiger partial charge < -0.3 is 21.5 Å². The summed E-state index contributed by atoms with van der Waals surface area (Å²) in [6, 6.07) is 16.5. The lowest BCUT2D eigenvalue weighted by molar-refractivity contribution is -0.145. The number of benzene rings is 2. The van der Waals surface area contributed by atoms with Gasteiger partial charge in [0.2, 0.25) is 0 Å². The van der Waals surface area contributed by atoms with Crippen molar-refractivity contribution >= 4 is 45.0 Å². The van der Waals surface area contributed by atoms with Crippen LogP contribution in [-0.4, -0.2) is 63.7 Å². The summed E-state index contributed by atoms with van der Waals surface area (Å²) in [4.78, 5) is 50.6. The van der Waals surface area contributed by atoms with Crippen LogP contribution in [0, 0.1) is 11.8 Å². The molecular formula is C30H37N5O4S. The first-order valence-corrected chi connectivity index (χ1v) is 14.6. The molecule has 4 rings (SSSR count). The molecule has 4 atom stereocenters. The second-order valence-corrected chi connectivity index (χ2v) is 11.5. The molecule has 2 heterocycles. The van der Waals surface area contributed by atoms with Gasteiger partial charge in [-0.3, -0.25) is 19.4 Å². The van der Waals surface area contributed by atoms with Crippen LogP contribution in [0.2, 0.25) is 0 Å². The highest BCUT2D eigenvalue weighted by Gasteiger charge is 2.42. The molecule has 1 fully saturated rings. The van der Waals surface area contributed by atoms with E-state index in [0.717, 1.165) is 15.8 Å². The maximum absolute atomic E-state index is 13.7. The average Bonchev–Trinajstić information content (AvgIpc) is 3.56. The average molecular weight is 564 g/mol. The number of likely N-dealkylation sites (tertiary alicyclic amines) is 1. The summed E-state index contributed by atoms with van der Waals surface area (Å²) < 4.78 is 0.905. The zero-order chi connectivity index (χ0) is 28.6. The zero-order valence-electron chi connectivity index (χ0n) is 22.7. The van der Waals surface area contributed by atoms with Crippen molar-refractivity contribution in [1.82, 2.24) is 9.88 Å². The van der Waals surface area contributed by atoms with Crippen molar-refractivity contribution in [2.75, 3.05) is 13.1 Å². The Bertz CT molecular complexity index is 1320. The number of Topliss-reactive ketones (excluding diaryl/α,β-unsaturated/α-hetero) is 2. The van der Waals surface area contributed by atoms with Gasteiger partial charge in [-0.2, -0.15) is 0 Å². The molecule has 3 aromatic rings. The molecule has 1 saturated heterocycles. The summed E-state index contributed by atoms with van der Waals surface area (Å²) in [7, 11) is 0. The van der Waals surface area contributed by atoms with E-state index in [2.05, 4.69) is 9.98 Å². The number of fused-ring (bicyclic) bond motifs is 1. The monoisotopic (exact) mass is 563 g/mol. The number of thiazole rings is 1. The Balaban J connectivity index is 1.47. The third-order valence-corrected chi connectivity index (χ3v) is 8.53. The lowest BCUT2D eigenvalue weighted by atomic mass is 9.87. The normalized spacial score (nSPS) is 18.4. The number of hydrogen-bond acceptors (Lipinski definition) is 7. The molecule has 0 saturated carbocycles. The smallest absolute Gasteiger partial charge is 0.252 e. The number of aryl methyl sites for hydroxylation is 1. The number of nitrogens with zero attached hydrogens (tertiary/aromatic N) is 3. The summed E-state index contributed by atoms with van der Waals surface area (Å²) in [5.74, 6) is -1.50. The molecule has 0 unspecified atom stereocenters. The maximum atomic E-state index is 13.7. The van der Waals surface area contributed by atoms with Crippen LogP contribution >= 0.6 is 11.3 Å². The number of aliphatic imine (C=N–C) groups is 1. The Hall–Kier alpha value is -3.63. The fraction of sp³-hybridized carbons (Fsp3) is 0.433. The van der Waals surface area contributed by atoms with E-state index in [-0.39, 0.29) is 36.3 Å². The highest BCUT2D eigenvalue weighted by molar-refractivity contribution is 7.20. The third kappa shape index (κ3) is 7.31. The molecule has 1 aliphatic heterocycles. The lowest BCUT2D eigenvalue weighted by Crippen LogP contribution is -2.47. The van der Waals surface area contributed by atoms with E-state index in [0.29, 0.717) is 43.8 Å². The van der Waals surface area contributed by atoms with Crippen LogP contribution in [0.5, 0.6) is 0 Å². The SMILES string of the molecule is C[C@H]1CCN(C(=O)[C@H](O)CCc2ccccc2)[C@@H]1C(=O)C[C@@H](CCCN=C(N)N)C(=O)c1nc2ccccc2s1. The van der Waals surface area contributed by atoms with Gasteiger partial charge in [0.05, 0.1) is 16.3 Å². The number of aliphatic hydroxyl groups is 1. The molecule has 212 valence electrons. The van der Waals surface area contributed by atoms with Gasteiger partial charge in [-0.05, 0) is 55.7 Å². The van der Waals surface area contributed by atoms with Crippen LogP contribution in [0.3, 0.4) is 0 Å². The number of para-hydroxylation sites is 1. The summed E-state index contributed by atoms with van der Waals surface area (Å²) >= 11 is 1.31. The number of aromatic nitrogens is 1. The first-order chi connectivity index (χ1) is 19.2. The highest BCUT2D eigenvalue weighted by Crippen LogP contribution is 2.31. The van der Waals surface area contributed by atoms with Crippen molar-refractivity contribution in [2.24, 2.45) is 28.3 Å². The number of rotatable bonds is 13. The minimum atomic E-state index is -1.19. The summed E-state index contributed by atoms with van der Waals surface area (Å²) in [6.07, 6.45) is 1.21. The van der Waals surface area contributed by atoms with Crippen molar-refractivity contribution in [3.63, 3.8) is 0 Å². The molecule has 0 spiro atoms. The quantitative estimate of drug-likeness (QED) is 0.125. The largest absolute Gasteiger partial charge is 0.383 e. The van der Waals surface area contributed by atoms with Gasteiger partial charge in [0.1, 0.15) is 6.10 Å². The van der Waals surface area contributed by atoms with Crippen LogP contribution in [0.1, 0.15) is 54.4 Å². The van der Waals surface area contributed by atoms with Gasteiger partial charge >= 0.3 is 0 Å². The van der Waals surface area contributed by atoms with Gasteiger partial charge in [-0.25, -0.2) is 4.98 Å². The molecule has 0 bridgehead atoms. The minimum absolute atomic E-state index is 0.0184. The Kier molecular flexibility index (Phi) is 10.0. The van der Waals surface area contributed by atoms with Crippen LogP contribution in [-0.2, 0) is 16.0 Å². The lowest BCUT2D eigenvalue weighted by Gasteiger charge is -2.29. The number of carbonyl (C=O) groups excluding carboxylic acids is 3. The summed E-state index contributed by atoms with van der Waals surface area (Å²) in [5, 5.41) is 11.1. The molecule has 2 aromatic carbocycles.